The van der Waals surface area contributed by atoms with Gasteiger partial charge in [0.1, 0.15) is 5.56 Å². The molecule has 0 N–H and O–H groups in total. The number of aromatic nitrogens is 2. The number of hydrogen-bond acceptors (Lipinski definition) is 3. The highest BCUT2D eigenvalue weighted by molar-refractivity contribution is 5.96. The Morgan fingerprint density at radius 2 is 2.19 bits per heavy atom. The van der Waals surface area contributed by atoms with E-state index in [1.165, 1.54) is 0 Å². The molecule has 0 fully saturated rings. The lowest BCUT2D eigenvalue weighted by atomic mass is 10.2. The number of amides is 1. The minimum Gasteiger partial charge on any atom is -0.477 e. The maximum absolute atomic E-state index is 12.7. The largest absolute Gasteiger partial charge is 0.477 e. The Hall–Kier alpha value is -2.30. The number of benzene rings is 1. The summed E-state index contributed by atoms with van der Waals surface area (Å²) in [5.74, 6) is 0.585. The van der Waals surface area contributed by atoms with Crippen LogP contribution in [-0.2, 0) is 13.1 Å². The topological polar surface area (TPSA) is 47.4 Å². The van der Waals surface area contributed by atoms with Crippen LogP contribution in [0.15, 0.2) is 36.5 Å². The van der Waals surface area contributed by atoms with Gasteiger partial charge in [0.25, 0.3) is 5.91 Å². The van der Waals surface area contributed by atoms with E-state index in [9.17, 15) is 4.79 Å². The molecule has 1 aliphatic rings. The molecule has 0 saturated carbocycles. The highest BCUT2D eigenvalue weighted by atomic mass is 16.5. The first-order valence-corrected chi connectivity index (χ1v) is 7.31. The van der Waals surface area contributed by atoms with E-state index in [0.717, 1.165) is 18.5 Å². The highest BCUT2D eigenvalue weighted by Crippen LogP contribution is 2.24. The third-order valence-corrected chi connectivity index (χ3v) is 3.66. The third-order valence-electron chi connectivity index (χ3n) is 3.66. The minimum absolute atomic E-state index is 0.0236. The number of fused-ring (bicyclic) bond motifs is 1. The maximum Gasteiger partial charge on any atom is 0.261 e. The van der Waals surface area contributed by atoms with Crippen molar-refractivity contribution in [3.63, 3.8) is 0 Å². The Labute approximate surface area is 124 Å². The van der Waals surface area contributed by atoms with Gasteiger partial charge in [-0.3, -0.25) is 4.79 Å². The van der Waals surface area contributed by atoms with Crippen LogP contribution < -0.4 is 4.74 Å². The van der Waals surface area contributed by atoms with Crippen molar-refractivity contribution in [3.05, 3.63) is 47.7 Å². The molecule has 0 radical (unpaired) electrons. The van der Waals surface area contributed by atoms with Gasteiger partial charge in [-0.15, -0.1) is 0 Å². The molecule has 1 aliphatic heterocycles. The van der Waals surface area contributed by atoms with Crippen molar-refractivity contribution in [1.82, 2.24) is 14.7 Å². The van der Waals surface area contributed by atoms with Gasteiger partial charge in [-0.1, -0.05) is 30.3 Å². The van der Waals surface area contributed by atoms with Crippen molar-refractivity contribution >= 4 is 5.91 Å². The average Bonchev–Trinajstić information content (AvgIpc) is 2.97. The molecular formula is C16H19N3O2. The van der Waals surface area contributed by atoms with Crippen LogP contribution in [0, 0.1) is 0 Å². The van der Waals surface area contributed by atoms with E-state index in [1.807, 2.05) is 42.2 Å². The van der Waals surface area contributed by atoms with Crippen LogP contribution in [-0.4, -0.2) is 33.7 Å². The fraction of sp³-hybridized carbons (Fsp3) is 0.375. The average molecular weight is 285 g/mol. The van der Waals surface area contributed by atoms with Gasteiger partial charge in [-0.25, -0.2) is 4.68 Å². The fourth-order valence-corrected chi connectivity index (χ4v) is 2.52. The summed E-state index contributed by atoms with van der Waals surface area (Å²) in [6.07, 6.45) is 2.56. The number of carbonyl (C=O) groups excluding carboxylic acids is 1. The van der Waals surface area contributed by atoms with Gasteiger partial charge in [0.2, 0.25) is 5.88 Å². The molecule has 0 bridgehead atoms. The van der Waals surface area contributed by atoms with E-state index < -0.39 is 0 Å². The molecular weight excluding hydrogens is 266 g/mol. The summed E-state index contributed by atoms with van der Waals surface area (Å²) in [5, 5.41) is 4.25. The zero-order valence-corrected chi connectivity index (χ0v) is 12.2. The number of aryl methyl sites for hydroxylation is 1. The molecule has 0 aliphatic carbocycles. The zero-order valence-electron chi connectivity index (χ0n) is 12.2. The van der Waals surface area contributed by atoms with Crippen LogP contribution in [0.25, 0.3) is 0 Å². The van der Waals surface area contributed by atoms with Crippen LogP contribution in [0.4, 0.5) is 0 Å². The standard InChI is InChI=1S/C16H19N3O2/c1-2-18(12-13-7-4-3-5-8-13)15(20)14-11-17-19-9-6-10-21-16(14)19/h3-5,7-8,11H,2,6,9-10,12H2,1H3. The second-order valence-corrected chi connectivity index (χ2v) is 5.09. The van der Waals surface area contributed by atoms with E-state index in [4.69, 9.17) is 4.74 Å². The summed E-state index contributed by atoms with van der Waals surface area (Å²) in [6, 6.07) is 10.0. The molecule has 1 aromatic carbocycles. The molecule has 3 rings (SSSR count). The van der Waals surface area contributed by atoms with Crippen LogP contribution >= 0.6 is 0 Å². The summed E-state index contributed by atoms with van der Waals surface area (Å²) in [5.41, 5.74) is 1.68. The molecule has 1 amide bonds. The molecule has 5 nitrogen and oxygen atoms in total. The van der Waals surface area contributed by atoms with Crippen LogP contribution in [0.1, 0.15) is 29.3 Å². The smallest absolute Gasteiger partial charge is 0.261 e. The van der Waals surface area contributed by atoms with Crippen LogP contribution in [0.5, 0.6) is 5.88 Å². The third kappa shape index (κ3) is 2.77. The van der Waals surface area contributed by atoms with E-state index in [0.29, 0.717) is 31.1 Å². The van der Waals surface area contributed by atoms with Crippen molar-refractivity contribution in [3.8, 4) is 5.88 Å². The summed E-state index contributed by atoms with van der Waals surface area (Å²) in [7, 11) is 0. The number of carbonyl (C=O) groups is 1. The van der Waals surface area contributed by atoms with Crippen molar-refractivity contribution < 1.29 is 9.53 Å². The van der Waals surface area contributed by atoms with Crippen LogP contribution in [0.2, 0.25) is 0 Å². The lowest BCUT2D eigenvalue weighted by Crippen LogP contribution is -2.30. The molecule has 1 aromatic heterocycles. The SMILES string of the molecule is CCN(Cc1ccccc1)C(=O)c1cnn2c1OCCC2. The summed E-state index contributed by atoms with van der Waals surface area (Å²) in [4.78, 5) is 14.5. The Balaban J connectivity index is 1.81. The van der Waals surface area contributed by atoms with Crippen LogP contribution in [0.3, 0.4) is 0 Å². The van der Waals surface area contributed by atoms with E-state index in [-0.39, 0.29) is 5.91 Å². The Morgan fingerprint density at radius 3 is 2.95 bits per heavy atom. The number of ether oxygens (including phenoxy) is 1. The van der Waals surface area contributed by atoms with Crippen molar-refractivity contribution in [2.45, 2.75) is 26.4 Å². The molecule has 5 heteroatoms. The monoisotopic (exact) mass is 285 g/mol. The predicted octanol–water partition coefficient (Wildman–Crippen LogP) is 2.33. The first kappa shape index (κ1) is 13.7. The van der Waals surface area contributed by atoms with Crippen molar-refractivity contribution in [2.75, 3.05) is 13.2 Å². The Morgan fingerprint density at radius 1 is 1.38 bits per heavy atom. The number of hydrogen-bond donors (Lipinski definition) is 0. The van der Waals surface area contributed by atoms with Gasteiger partial charge >= 0.3 is 0 Å². The lowest BCUT2D eigenvalue weighted by Gasteiger charge is -2.22. The molecule has 0 spiro atoms. The molecule has 2 heterocycles. The molecule has 21 heavy (non-hydrogen) atoms. The number of rotatable bonds is 4. The van der Waals surface area contributed by atoms with Gasteiger partial charge in [0.15, 0.2) is 0 Å². The van der Waals surface area contributed by atoms with Gasteiger partial charge in [-0.05, 0) is 12.5 Å². The molecule has 0 unspecified atom stereocenters. The molecule has 0 atom stereocenters. The summed E-state index contributed by atoms with van der Waals surface area (Å²) >= 11 is 0. The van der Waals surface area contributed by atoms with E-state index >= 15 is 0 Å². The molecule has 2 aromatic rings. The van der Waals surface area contributed by atoms with Gasteiger partial charge < -0.3 is 9.64 Å². The Bertz CT molecular complexity index is 622. The normalized spacial score (nSPS) is 13.4. The number of nitrogens with zero attached hydrogens (tertiary/aromatic N) is 3. The molecule has 110 valence electrons. The second kappa shape index (κ2) is 5.99. The van der Waals surface area contributed by atoms with E-state index in [2.05, 4.69) is 5.10 Å². The quantitative estimate of drug-likeness (QED) is 0.866. The van der Waals surface area contributed by atoms with Gasteiger partial charge in [-0.2, -0.15) is 5.10 Å². The fourth-order valence-electron chi connectivity index (χ4n) is 2.52. The first-order valence-electron chi connectivity index (χ1n) is 7.31. The van der Waals surface area contributed by atoms with E-state index in [1.54, 1.807) is 10.9 Å². The summed E-state index contributed by atoms with van der Waals surface area (Å²) in [6.45, 7) is 4.70. The second-order valence-electron chi connectivity index (χ2n) is 5.09. The Kier molecular flexibility index (Phi) is 3.90. The highest BCUT2D eigenvalue weighted by Gasteiger charge is 2.24. The van der Waals surface area contributed by atoms with Gasteiger partial charge in [0.05, 0.1) is 12.8 Å². The molecule has 0 saturated heterocycles. The minimum atomic E-state index is -0.0236. The van der Waals surface area contributed by atoms with Crippen molar-refractivity contribution in [2.24, 2.45) is 0 Å². The predicted molar refractivity (Wildman–Crippen MR) is 79.2 cm³/mol. The lowest BCUT2D eigenvalue weighted by molar-refractivity contribution is 0.0745. The van der Waals surface area contributed by atoms with Gasteiger partial charge in [0, 0.05) is 26.1 Å². The summed E-state index contributed by atoms with van der Waals surface area (Å²) < 4.78 is 7.38. The first-order chi connectivity index (χ1) is 10.3. The maximum atomic E-state index is 12.7. The van der Waals surface area contributed by atoms with Crippen molar-refractivity contribution in [1.29, 1.82) is 0 Å². The zero-order chi connectivity index (χ0) is 14.7.